The summed E-state index contributed by atoms with van der Waals surface area (Å²) < 4.78 is 0. The minimum absolute atomic E-state index is 0.287. The molecule has 1 N–H and O–H groups in total. The standard InChI is InChI=1S/C12H21N/c1-4-11(5-2)13-12-8-6-7-10(3)9-12/h1,10-13H,5-9H2,2-3H3. The van der Waals surface area contributed by atoms with Gasteiger partial charge in [-0.1, -0.05) is 32.6 Å². The fourth-order valence-electron chi connectivity index (χ4n) is 2.15. The van der Waals surface area contributed by atoms with Gasteiger partial charge in [-0.3, -0.25) is 0 Å². The van der Waals surface area contributed by atoms with Crippen LogP contribution in [0, 0.1) is 18.3 Å². The molecule has 1 nitrogen and oxygen atoms in total. The fourth-order valence-corrected chi connectivity index (χ4v) is 2.15. The molecule has 1 fully saturated rings. The van der Waals surface area contributed by atoms with Gasteiger partial charge >= 0.3 is 0 Å². The second kappa shape index (κ2) is 5.29. The van der Waals surface area contributed by atoms with Gasteiger partial charge in [0.1, 0.15) is 0 Å². The average Bonchev–Trinajstić information content (AvgIpc) is 2.14. The molecule has 3 atom stereocenters. The van der Waals surface area contributed by atoms with E-state index in [2.05, 4.69) is 25.1 Å². The van der Waals surface area contributed by atoms with E-state index < -0.39 is 0 Å². The Labute approximate surface area is 82.3 Å². The van der Waals surface area contributed by atoms with Crippen LogP contribution in [0.5, 0.6) is 0 Å². The second-order valence-corrected chi connectivity index (χ2v) is 4.26. The molecular weight excluding hydrogens is 158 g/mol. The minimum atomic E-state index is 0.287. The van der Waals surface area contributed by atoms with E-state index in [0.29, 0.717) is 6.04 Å². The van der Waals surface area contributed by atoms with Gasteiger partial charge in [-0.05, 0) is 25.2 Å². The zero-order valence-corrected chi connectivity index (χ0v) is 8.84. The van der Waals surface area contributed by atoms with Gasteiger partial charge in [-0.2, -0.15) is 0 Å². The maximum atomic E-state index is 5.42. The van der Waals surface area contributed by atoms with Crippen molar-refractivity contribution in [1.82, 2.24) is 5.32 Å². The highest BCUT2D eigenvalue weighted by molar-refractivity contribution is 4.99. The summed E-state index contributed by atoms with van der Waals surface area (Å²) in [4.78, 5) is 0. The van der Waals surface area contributed by atoms with E-state index in [1.165, 1.54) is 25.7 Å². The molecule has 0 aromatic carbocycles. The van der Waals surface area contributed by atoms with Crippen LogP contribution in [-0.4, -0.2) is 12.1 Å². The van der Waals surface area contributed by atoms with Crippen LogP contribution in [0.3, 0.4) is 0 Å². The van der Waals surface area contributed by atoms with E-state index in [0.717, 1.165) is 12.3 Å². The van der Waals surface area contributed by atoms with Crippen LogP contribution >= 0.6 is 0 Å². The summed E-state index contributed by atoms with van der Waals surface area (Å²) >= 11 is 0. The first-order chi connectivity index (χ1) is 6.26. The third-order valence-electron chi connectivity index (χ3n) is 2.98. The van der Waals surface area contributed by atoms with Gasteiger partial charge in [-0.15, -0.1) is 6.42 Å². The minimum Gasteiger partial charge on any atom is -0.301 e. The molecule has 3 unspecified atom stereocenters. The van der Waals surface area contributed by atoms with Crippen molar-refractivity contribution in [2.24, 2.45) is 5.92 Å². The van der Waals surface area contributed by atoms with E-state index in [1.807, 2.05) is 0 Å². The summed E-state index contributed by atoms with van der Waals surface area (Å²) in [6.45, 7) is 4.48. The second-order valence-electron chi connectivity index (χ2n) is 4.26. The molecule has 1 rings (SSSR count). The van der Waals surface area contributed by atoms with Crippen molar-refractivity contribution in [1.29, 1.82) is 0 Å². The highest BCUT2D eigenvalue weighted by atomic mass is 14.9. The molecule has 0 amide bonds. The molecule has 13 heavy (non-hydrogen) atoms. The van der Waals surface area contributed by atoms with E-state index in [4.69, 9.17) is 6.42 Å². The van der Waals surface area contributed by atoms with Crippen molar-refractivity contribution in [3.05, 3.63) is 0 Å². The van der Waals surface area contributed by atoms with Crippen LogP contribution in [0.25, 0.3) is 0 Å². The van der Waals surface area contributed by atoms with Crippen molar-refractivity contribution in [2.75, 3.05) is 0 Å². The molecule has 1 aliphatic carbocycles. The molecule has 0 saturated heterocycles. The number of hydrogen-bond donors (Lipinski definition) is 1. The Morgan fingerprint density at radius 2 is 2.31 bits per heavy atom. The van der Waals surface area contributed by atoms with Gasteiger partial charge < -0.3 is 5.32 Å². The highest BCUT2D eigenvalue weighted by Gasteiger charge is 2.19. The van der Waals surface area contributed by atoms with Gasteiger partial charge in [0.25, 0.3) is 0 Å². The number of nitrogens with one attached hydrogen (secondary N) is 1. The smallest absolute Gasteiger partial charge is 0.0686 e. The lowest BCUT2D eigenvalue weighted by Crippen LogP contribution is -2.39. The summed E-state index contributed by atoms with van der Waals surface area (Å²) in [7, 11) is 0. The normalized spacial score (nSPS) is 30.8. The zero-order chi connectivity index (χ0) is 9.68. The monoisotopic (exact) mass is 179 g/mol. The van der Waals surface area contributed by atoms with E-state index in [-0.39, 0.29) is 6.04 Å². The quantitative estimate of drug-likeness (QED) is 0.657. The summed E-state index contributed by atoms with van der Waals surface area (Å²) in [5.41, 5.74) is 0. The molecule has 1 heteroatoms. The largest absolute Gasteiger partial charge is 0.301 e. The zero-order valence-electron chi connectivity index (χ0n) is 8.84. The molecule has 0 aromatic rings. The predicted molar refractivity (Wildman–Crippen MR) is 57.5 cm³/mol. The molecule has 0 spiro atoms. The lowest BCUT2D eigenvalue weighted by Gasteiger charge is -2.29. The molecule has 74 valence electrons. The fraction of sp³-hybridized carbons (Fsp3) is 0.833. The highest BCUT2D eigenvalue weighted by Crippen LogP contribution is 2.23. The van der Waals surface area contributed by atoms with Crippen LogP contribution in [0.4, 0.5) is 0 Å². The van der Waals surface area contributed by atoms with Gasteiger partial charge in [0.2, 0.25) is 0 Å². The Kier molecular flexibility index (Phi) is 4.32. The van der Waals surface area contributed by atoms with Crippen molar-refractivity contribution < 1.29 is 0 Å². The van der Waals surface area contributed by atoms with Crippen molar-refractivity contribution in [3.8, 4) is 12.3 Å². The van der Waals surface area contributed by atoms with Gasteiger partial charge in [0, 0.05) is 6.04 Å². The van der Waals surface area contributed by atoms with E-state index >= 15 is 0 Å². The molecule has 1 aliphatic rings. The molecule has 0 bridgehead atoms. The van der Waals surface area contributed by atoms with Crippen molar-refractivity contribution in [3.63, 3.8) is 0 Å². The molecular formula is C12H21N. The van der Waals surface area contributed by atoms with Gasteiger partial charge in [0.15, 0.2) is 0 Å². The third-order valence-corrected chi connectivity index (χ3v) is 2.98. The molecule has 0 aliphatic heterocycles. The first-order valence-corrected chi connectivity index (χ1v) is 5.48. The van der Waals surface area contributed by atoms with Crippen molar-refractivity contribution >= 4 is 0 Å². The number of rotatable bonds is 3. The maximum Gasteiger partial charge on any atom is 0.0686 e. The lowest BCUT2D eigenvalue weighted by molar-refractivity contribution is 0.291. The Morgan fingerprint density at radius 1 is 1.54 bits per heavy atom. The first-order valence-electron chi connectivity index (χ1n) is 5.48. The van der Waals surface area contributed by atoms with E-state index in [1.54, 1.807) is 0 Å². The van der Waals surface area contributed by atoms with Crippen LogP contribution in [0.1, 0.15) is 46.0 Å². The average molecular weight is 179 g/mol. The van der Waals surface area contributed by atoms with Crippen molar-refractivity contribution in [2.45, 2.75) is 58.0 Å². The SMILES string of the molecule is C#CC(CC)NC1CCCC(C)C1. The van der Waals surface area contributed by atoms with Gasteiger partial charge in [0.05, 0.1) is 6.04 Å². The van der Waals surface area contributed by atoms with Crippen LogP contribution in [0.15, 0.2) is 0 Å². The van der Waals surface area contributed by atoms with Crippen LogP contribution in [0.2, 0.25) is 0 Å². The summed E-state index contributed by atoms with van der Waals surface area (Å²) in [6.07, 6.45) is 11.8. The predicted octanol–water partition coefficient (Wildman–Crippen LogP) is 2.57. The lowest BCUT2D eigenvalue weighted by atomic mass is 9.86. The first kappa shape index (κ1) is 10.6. The topological polar surface area (TPSA) is 12.0 Å². The molecule has 0 radical (unpaired) electrons. The number of hydrogen-bond acceptors (Lipinski definition) is 1. The number of terminal acetylenes is 1. The maximum absolute atomic E-state index is 5.42. The van der Waals surface area contributed by atoms with Crippen LogP contribution in [-0.2, 0) is 0 Å². The van der Waals surface area contributed by atoms with Crippen LogP contribution < -0.4 is 5.32 Å². The summed E-state index contributed by atoms with van der Waals surface area (Å²) in [5, 5.41) is 3.55. The molecule has 1 saturated carbocycles. The Bertz CT molecular complexity index is 180. The molecule has 0 heterocycles. The third kappa shape index (κ3) is 3.40. The van der Waals surface area contributed by atoms with E-state index in [9.17, 15) is 0 Å². The summed E-state index contributed by atoms with van der Waals surface area (Å²) in [6, 6.07) is 0.958. The van der Waals surface area contributed by atoms with Gasteiger partial charge in [-0.25, -0.2) is 0 Å². The Hall–Kier alpha value is -0.480. The Balaban J connectivity index is 2.31. The Morgan fingerprint density at radius 3 is 2.85 bits per heavy atom. The molecule has 0 aromatic heterocycles. The summed E-state index contributed by atoms with van der Waals surface area (Å²) in [5.74, 6) is 3.68.